The van der Waals surface area contributed by atoms with Crippen LogP contribution in [0.4, 0.5) is 10.5 Å². The maximum Gasteiger partial charge on any atom is 0.321 e. The van der Waals surface area contributed by atoms with Crippen LogP contribution in [-0.2, 0) is 11.2 Å². The topological polar surface area (TPSA) is 100 Å². The minimum absolute atomic E-state index is 0.205. The van der Waals surface area contributed by atoms with Crippen LogP contribution in [0, 0.1) is 0 Å². The van der Waals surface area contributed by atoms with Crippen molar-refractivity contribution in [2.24, 2.45) is 0 Å². The molecule has 1 aromatic carbocycles. The molecule has 3 N–H and O–H groups in total. The zero-order valence-electron chi connectivity index (χ0n) is 14.3. The molecular formula is C18H17ClN6O2. The fourth-order valence-corrected chi connectivity index (χ4v) is 3.27. The van der Waals surface area contributed by atoms with Gasteiger partial charge in [-0.3, -0.25) is 10.1 Å². The maximum absolute atomic E-state index is 12.2. The van der Waals surface area contributed by atoms with E-state index >= 15 is 0 Å². The third-order valence-corrected chi connectivity index (χ3v) is 4.79. The summed E-state index contributed by atoms with van der Waals surface area (Å²) in [6, 6.07) is 9.02. The zero-order valence-corrected chi connectivity index (χ0v) is 15.0. The van der Waals surface area contributed by atoms with E-state index in [9.17, 15) is 9.59 Å². The number of anilines is 1. The van der Waals surface area contributed by atoms with Gasteiger partial charge in [0.1, 0.15) is 0 Å². The van der Waals surface area contributed by atoms with Crippen molar-refractivity contribution in [3.05, 3.63) is 59.0 Å². The summed E-state index contributed by atoms with van der Waals surface area (Å²) in [5.74, 6) is -0.925. The molecule has 1 atom stereocenters. The number of carbonyl (C=O) groups is 2. The molecular weight excluding hydrogens is 368 g/mol. The van der Waals surface area contributed by atoms with Gasteiger partial charge in [0.25, 0.3) is 0 Å². The Bertz CT molecular complexity index is 1020. The van der Waals surface area contributed by atoms with Gasteiger partial charge in [0, 0.05) is 30.5 Å². The Morgan fingerprint density at radius 3 is 2.96 bits per heavy atom. The molecule has 4 rings (SSSR count). The molecule has 0 bridgehead atoms. The van der Waals surface area contributed by atoms with Gasteiger partial charge >= 0.3 is 6.03 Å². The molecule has 1 aliphatic heterocycles. The predicted octanol–water partition coefficient (Wildman–Crippen LogP) is 1.96. The van der Waals surface area contributed by atoms with E-state index in [0.29, 0.717) is 17.9 Å². The van der Waals surface area contributed by atoms with Crippen molar-refractivity contribution in [3.63, 3.8) is 0 Å². The van der Waals surface area contributed by atoms with Crippen LogP contribution in [0.3, 0.4) is 0 Å². The SMILES string of the molecule is O=C1NCC(c2cc(NCCc3ccccc3Cl)c3nccn3n2)C(=O)N1. The number of hydrogen-bond acceptors (Lipinski definition) is 5. The number of nitrogens with one attached hydrogen (secondary N) is 3. The second-order valence-corrected chi connectivity index (χ2v) is 6.61. The number of imide groups is 1. The van der Waals surface area contributed by atoms with Crippen molar-refractivity contribution in [3.8, 4) is 0 Å². The number of aromatic nitrogens is 3. The van der Waals surface area contributed by atoms with E-state index in [1.54, 1.807) is 23.0 Å². The van der Waals surface area contributed by atoms with Crippen LogP contribution in [0.15, 0.2) is 42.7 Å². The maximum atomic E-state index is 12.2. The van der Waals surface area contributed by atoms with Crippen molar-refractivity contribution >= 4 is 34.9 Å². The number of halogens is 1. The van der Waals surface area contributed by atoms with Crippen molar-refractivity contribution < 1.29 is 9.59 Å². The molecule has 138 valence electrons. The van der Waals surface area contributed by atoms with Crippen LogP contribution in [-0.4, -0.2) is 39.6 Å². The van der Waals surface area contributed by atoms with Gasteiger partial charge in [-0.05, 0) is 24.1 Å². The molecule has 1 aliphatic rings. The Kier molecular flexibility index (Phi) is 4.64. The highest BCUT2D eigenvalue weighted by Gasteiger charge is 2.29. The Hall–Kier alpha value is -3.13. The van der Waals surface area contributed by atoms with Gasteiger partial charge in [-0.2, -0.15) is 5.10 Å². The third-order valence-electron chi connectivity index (χ3n) is 4.42. The number of nitrogens with zero attached hydrogens (tertiary/aromatic N) is 3. The first kappa shape index (κ1) is 17.3. The van der Waals surface area contributed by atoms with Gasteiger partial charge < -0.3 is 10.6 Å². The summed E-state index contributed by atoms with van der Waals surface area (Å²) < 4.78 is 1.62. The second kappa shape index (κ2) is 7.24. The monoisotopic (exact) mass is 384 g/mol. The van der Waals surface area contributed by atoms with Crippen molar-refractivity contribution in [2.45, 2.75) is 12.3 Å². The summed E-state index contributed by atoms with van der Waals surface area (Å²) in [6.07, 6.45) is 4.11. The average molecular weight is 385 g/mol. The minimum atomic E-state index is -0.557. The minimum Gasteiger partial charge on any atom is -0.382 e. The normalized spacial score (nSPS) is 16.9. The molecule has 1 saturated heterocycles. The van der Waals surface area contributed by atoms with Crippen molar-refractivity contribution in [1.82, 2.24) is 25.2 Å². The van der Waals surface area contributed by atoms with E-state index in [1.807, 2.05) is 24.3 Å². The molecule has 0 radical (unpaired) electrons. The molecule has 0 saturated carbocycles. The number of carbonyl (C=O) groups excluding carboxylic acids is 2. The molecule has 3 aromatic rings. The Morgan fingerprint density at radius 2 is 2.15 bits per heavy atom. The third kappa shape index (κ3) is 3.56. The fourth-order valence-electron chi connectivity index (χ4n) is 3.04. The summed E-state index contributed by atoms with van der Waals surface area (Å²) >= 11 is 6.21. The Labute approximate surface area is 159 Å². The van der Waals surface area contributed by atoms with Crippen molar-refractivity contribution in [2.75, 3.05) is 18.4 Å². The number of urea groups is 1. The lowest BCUT2D eigenvalue weighted by molar-refractivity contribution is -0.122. The quantitative estimate of drug-likeness (QED) is 0.624. The summed E-state index contributed by atoms with van der Waals surface area (Å²) in [5, 5.41) is 13.4. The number of rotatable bonds is 5. The van der Waals surface area contributed by atoms with Crippen LogP contribution >= 0.6 is 11.6 Å². The van der Waals surface area contributed by atoms with Gasteiger partial charge in [-0.1, -0.05) is 29.8 Å². The average Bonchev–Trinajstić information content (AvgIpc) is 3.12. The largest absolute Gasteiger partial charge is 0.382 e. The fraction of sp³-hybridized carbons (Fsp3) is 0.222. The van der Waals surface area contributed by atoms with E-state index < -0.39 is 11.9 Å². The second-order valence-electron chi connectivity index (χ2n) is 6.20. The number of amides is 3. The molecule has 1 fully saturated rings. The predicted molar refractivity (Wildman–Crippen MR) is 101 cm³/mol. The molecule has 3 heterocycles. The first-order valence-electron chi connectivity index (χ1n) is 8.52. The lowest BCUT2D eigenvalue weighted by Crippen LogP contribution is -2.51. The van der Waals surface area contributed by atoms with Crippen LogP contribution in [0.25, 0.3) is 5.65 Å². The number of imidazole rings is 1. The Balaban J connectivity index is 1.56. The number of fused-ring (bicyclic) bond motifs is 1. The number of benzene rings is 1. The van der Waals surface area contributed by atoms with E-state index in [0.717, 1.165) is 22.7 Å². The van der Waals surface area contributed by atoms with Gasteiger partial charge in [0.15, 0.2) is 5.65 Å². The summed E-state index contributed by atoms with van der Waals surface area (Å²) in [5.41, 5.74) is 3.04. The van der Waals surface area contributed by atoms with E-state index in [2.05, 4.69) is 26.0 Å². The molecule has 8 nitrogen and oxygen atoms in total. The van der Waals surface area contributed by atoms with Crippen LogP contribution in [0.2, 0.25) is 5.02 Å². The summed E-state index contributed by atoms with van der Waals surface area (Å²) in [7, 11) is 0. The van der Waals surface area contributed by atoms with Gasteiger partial charge in [-0.15, -0.1) is 0 Å². The highest BCUT2D eigenvalue weighted by molar-refractivity contribution is 6.31. The standard InChI is InChI=1S/C18H17ClN6O2/c19-13-4-2-1-3-11(13)5-6-20-15-9-14(24-25-8-7-21-16(15)25)12-10-22-18(27)23-17(12)26/h1-4,7-9,12,20H,5-6,10H2,(H2,22,23,26,27). The molecule has 1 unspecified atom stereocenters. The molecule has 0 aliphatic carbocycles. The van der Waals surface area contributed by atoms with Gasteiger partial charge in [0.2, 0.25) is 5.91 Å². The smallest absolute Gasteiger partial charge is 0.321 e. The van der Waals surface area contributed by atoms with E-state index in [1.165, 1.54) is 0 Å². The lowest BCUT2D eigenvalue weighted by atomic mass is 10.0. The van der Waals surface area contributed by atoms with Gasteiger partial charge in [0.05, 0.1) is 17.3 Å². The summed E-state index contributed by atoms with van der Waals surface area (Å²) in [6.45, 7) is 0.847. The highest BCUT2D eigenvalue weighted by Crippen LogP contribution is 2.23. The zero-order chi connectivity index (χ0) is 18.8. The lowest BCUT2D eigenvalue weighted by Gasteiger charge is -2.22. The number of hydrogen-bond donors (Lipinski definition) is 3. The molecule has 2 aromatic heterocycles. The molecule has 3 amide bonds. The van der Waals surface area contributed by atoms with E-state index in [4.69, 9.17) is 11.6 Å². The molecule has 27 heavy (non-hydrogen) atoms. The van der Waals surface area contributed by atoms with E-state index in [-0.39, 0.29) is 12.5 Å². The van der Waals surface area contributed by atoms with Crippen LogP contribution in [0.5, 0.6) is 0 Å². The highest BCUT2D eigenvalue weighted by atomic mass is 35.5. The molecule has 9 heteroatoms. The van der Waals surface area contributed by atoms with Crippen LogP contribution in [0.1, 0.15) is 17.2 Å². The first-order chi connectivity index (χ1) is 13.1. The van der Waals surface area contributed by atoms with Gasteiger partial charge in [-0.25, -0.2) is 14.3 Å². The van der Waals surface area contributed by atoms with Crippen molar-refractivity contribution in [1.29, 1.82) is 0 Å². The molecule has 0 spiro atoms. The first-order valence-corrected chi connectivity index (χ1v) is 8.90. The Morgan fingerprint density at radius 1 is 1.30 bits per heavy atom. The van der Waals surface area contributed by atoms with Crippen LogP contribution < -0.4 is 16.0 Å². The summed E-state index contributed by atoms with van der Waals surface area (Å²) in [4.78, 5) is 27.8.